The number of benzene rings is 3. The highest BCUT2D eigenvalue weighted by atomic mass is 79.9. The minimum Gasteiger partial charge on any atom is -0.506 e. The zero-order chi connectivity index (χ0) is 27.5. The molecule has 0 fully saturated rings. The number of ether oxygens (including phenoxy) is 4. The molecule has 37 heavy (non-hydrogen) atoms. The monoisotopic (exact) mass is 570 g/mol. The van der Waals surface area contributed by atoms with Gasteiger partial charge in [0.25, 0.3) is 0 Å². The molecule has 0 aliphatic carbocycles. The molecule has 7 nitrogen and oxygen atoms in total. The summed E-state index contributed by atoms with van der Waals surface area (Å²) >= 11 is 3.29. The van der Waals surface area contributed by atoms with Gasteiger partial charge in [0.2, 0.25) is 0 Å². The van der Waals surface area contributed by atoms with Crippen LogP contribution in [0, 0.1) is 20.8 Å². The molecule has 0 saturated heterocycles. The van der Waals surface area contributed by atoms with Crippen LogP contribution < -0.4 is 14.2 Å². The number of carbonyl (C=O) groups excluding carboxylic acids is 2. The highest BCUT2D eigenvalue weighted by Crippen LogP contribution is 2.43. The molecule has 0 aliphatic heterocycles. The number of phenols is 1. The van der Waals surface area contributed by atoms with Crippen molar-refractivity contribution in [1.82, 2.24) is 0 Å². The number of halogens is 1. The summed E-state index contributed by atoms with van der Waals surface area (Å²) in [5, 5.41) is 10.8. The average molecular weight is 571 g/mol. The third-order valence-corrected chi connectivity index (χ3v) is 6.40. The molecule has 0 radical (unpaired) electrons. The maximum atomic E-state index is 13.3. The fourth-order valence-corrected chi connectivity index (χ4v) is 4.31. The van der Waals surface area contributed by atoms with Gasteiger partial charge in [-0.3, -0.25) is 0 Å². The summed E-state index contributed by atoms with van der Waals surface area (Å²) < 4.78 is 22.6. The molecule has 0 atom stereocenters. The summed E-state index contributed by atoms with van der Waals surface area (Å²) in [6.45, 7) is 10.7. The Hall–Kier alpha value is -3.52. The molecule has 0 unspecified atom stereocenters. The molecule has 8 heteroatoms. The molecule has 0 bridgehead atoms. The second-order valence-electron chi connectivity index (χ2n) is 9.60. The van der Waals surface area contributed by atoms with Gasteiger partial charge in [0, 0.05) is 6.07 Å². The van der Waals surface area contributed by atoms with E-state index in [9.17, 15) is 14.7 Å². The molecular weight excluding hydrogens is 540 g/mol. The fourth-order valence-electron chi connectivity index (χ4n) is 3.73. The summed E-state index contributed by atoms with van der Waals surface area (Å²) in [5.74, 6) is -0.800. The molecule has 0 saturated carbocycles. The number of esters is 2. The Labute approximate surface area is 225 Å². The van der Waals surface area contributed by atoms with Crippen LogP contribution in [0.1, 0.15) is 63.7 Å². The van der Waals surface area contributed by atoms with Crippen LogP contribution in [0.2, 0.25) is 0 Å². The van der Waals surface area contributed by atoms with E-state index in [0.29, 0.717) is 29.0 Å². The van der Waals surface area contributed by atoms with Crippen molar-refractivity contribution in [2.45, 2.75) is 53.8 Å². The number of methoxy groups -OCH3 is 1. The lowest BCUT2D eigenvalue weighted by Gasteiger charge is -2.22. The van der Waals surface area contributed by atoms with Crippen LogP contribution in [-0.4, -0.2) is 29.8 Å². The first kappa shape index (κ1) is 28.1. The van der Waals surface area contributed by atoms with Crippen LogP contribution in [-0.2, 0) is 11.3 Å². The van der Waals surface area contributed by atoms with E-state index in [1.54, 1.807) is 53.7 Å². The van der Waals surface area contributed by atoms with Crippen molar-refractivity contribution < 1.29 is 33.6 Å². The van der Waals surface area contributed by atoms with Crippen molar-refractivity contribution in [1.29, 1.82) is 0 Å². The third-order valence-electron chi connectivity index (χ3n) is 5.67. The zero-order valence-corrected chi connectivity index (χ0v) is 23.6. The molecule has 3 aromatic rings. The second kappa shape index (κ2) is 11.3. The average Bonchev–Trinajstić information content (AvgIpc) is 2.83. The second-order valence-corrected chi connectivity index (χ2v) is 10.4. The van der Waals surface area contributed by atoms with Gasteiger partial charge in [-0.25, -0.2) is 9.59 Å². The van der Waals surface area contributed by atoms with Crippen LogP contribution in [0.25, 0.3) is 0 Å². The number of aryl methyl sites for hydroxylation is 1. The number of aromatic hydroxyl groups is 1. The fraction of sp³-hybridized carbons (Fsp3) is 0.310. The van der Waals surface area contributed by atoms with Crippen molar-refractivity contribution in [3.8, 4) is 23.0 Å². The lowest BCUT2D eigenvalue weighted by atomic mass is 10.0. The molecule has 196 valence electrons. The standard InChI is InChI=1S/C29H31BrO7/c1-16-13-20(35-15-19-11-9-8-10-12-19)14-21(34-7)22(16)27(32)36-26-18(3)17(2)23(25(31)24(26)30)28(33)37-29(4,5)6/h8-14,31H,15H2,1-7H3. The van der Waals surface area contributed by atoms with E-state index in [1.807, 2.05) is 30.3 Å². The normalized spacial score (nSPS) is 11.1. The van der Waals surface area contributed by atoms with Crippen LogP contribution >= 0.6 is 15.9 Å². The SMILES string of the molecule is COc1cc(OCc2ccccc2)cc(C)c1C(=O)Oc1c(C)c(C)c(C(=O)OC(C)(C)C)c(O)c1Br. The van der Waals surface area contributed by atoms with E-state index in [0.717, 1.165) is 5.56 Å². The Kier molecular flexibility index (Phi) is 8.53. The topological polar surface area (TPSA) is 91.3 Å². The number of hydrogen-bond donors (Lipinski definition) is 1. The van der Waals surface area contributed by atoms with E-state index >= 15 is 0 Å². The molecule has 0 spiro atoms. The van der Waals surface area contributed by atoms with E-state index < -0.39 is 17.5 Å². The Morgan fingerprint density at radius 3 is 2.19 bits per heavy atom. The molecule has 1 N–H and O–H groups in total. The van der Waals surface area contributed by atoms with Crippen LogP contribution in [0.4, 0.5) is 0 Å². The Morgan fingerprint density at radius 1 is 0.946 bits per heavy atom. The summed E-state index contributed by atoms with van der Waals surface area (Å²) in [5.41, 5.74) is 2.01. The quantitative estimate of drug-likeness (QED) is 0.245. The highest BCUT2D eigenvalue weighted by Gasteiger charge is 2.29. The van der Waals surface area contributed by atoms with Crippen molar-refractivity contribution in [2.24, 2.45) is 0 Å². The van der Waals surface area contributed by atoms with E-state index in [2.05, 4.69) is 15.9 Å². The predicted octanol–water partition coefficient (Wildman–Crippen LogP) is 6.84. The van der Waals surface area contributed by atoms with Crippen molar-refractivity contribution in [3.63, 3.8) is 0 Å². The third kappa shape index (κ3) is 6.43. The van der Waals surface area contributed by atoms with Crippen molar-refractivity contribution in [2.75, 3.05) is 7.11 Å². The zero-order valence-electron chi connectivity index (χ0n) is 22.0. The molecule has 3 rings (SSSR count). The van der Waals surface area contributed by atoms with Gasteiger partial charge in [0.1, 0.15) is 45.1 Å². The van der Waals surface area contributed by atoms with E-state index in [4.69, 9.17) is 18.9 Å². The maximum Gasteiger partial charge on any atom is 0.347 e. The van der Waals surface area contributed by atoms with Crippen LogP contribution in [0.3, 0.4) is 0 Å². The van der Waals surface area contributed by atoms with Crippen molar-refractivity contribution in [3.05, 3.63) is 80.3 Å². The van der Waals surface area contributed by atoms with Crippen LogP contribution in [0.5, 0.6) is 23.0 Å². The molecule has 0 amide bonds. The van der Waals surface area contributed by atoms with Gasteiger partial charge in [-0.1, -0.05) is 30.3 Å². The maximum absolute atomic E-state index is 13.3. The van der Waals surface area contributed by atoms with Gasteiger partial charge in [-0.05, 0) is 85.8 Å². The molecule has 3 aromatic carbocycles. The molecular formula is C29H31BrO7. The lowest BCUT2D eigenvalue weighted by Crippen LogP contribution is -2.24. The Morgan fingerprint density at radius 2 is 1.59 bits per heavy atom. The first-order valence-corrected chi connectivity index (χ1v) is 12.5. The number of phenolic OH excluding ortho intramolecular Hbond substituents is 1. The summed E-state index contributed by atoms with van der Waals surface area (Å²) in [6, 6.07) is 13.1. The first-order chi connectivity index (χ1) is 17.3. The first-order valence-electron chi connectivity index (χ1n) is 11.7. The van der Waals surface area contributed by atoms with Crippen molar-refractivity contribution >= 4 is 27.9 Å². The lowest BCUT2D eigenvalue weighted by molar-refractivity contribution is 0.00656. The van der Waals surface area contributed by atoms with Gasteiger partial charge in [0.05, 0.1) is 7.11 Å². The largest absolute Gasteiger partial charge is 0.506 e. The minimum atomic E-state index is -0.744. The number of carbonyl (C=O) groups is 2. The molecule has 0 aromatic heterocycles. The Bertz CT molecular complexity index is 1300. The highest BCUT2D eigenvalue weighted by molar-refractivity contribution is 9.10. The van der Waals surface area contributed by atoms with E-state index in [1.165, 1.54) is 7.11 Å². The van der Waals surface area contributed by atoms with Gasteiger partial charge >= 0.3 is 11.9 Å². The number of hydrogen-bond acceptors (Lipinski definition) is 7. The Balaban J connectivity index is 1.91. The van der Waals surface area contributed by atoms with E-state index in [-0.39, 0.29) is 32.8 Å². The summed E-state index contributed by atoms with van der Waals surface area (Å²) in [6.07, 6.45) is 0. The van der Waals surface area contributed by atoms with Gasteiger partial charge in [-0.2, -0.15) is 0 Å². The smallest absolute Gasteiger partial charge is 0.347 e. The van der Waals surface area contributed by atoms with Crippen LogP contribution in [0.15, 0.2) is 46.9 Å². The van der Waals surface area contributed by atoms with Gasteiger partial charge in [0.15, 0.2) is 5.75 Å². The van der Waals surface area contributed by atoms with Gasteiger partial charge < -0.3 is 24.1 Å². The minimum absolute atomic E-state index is 0.00720. The summed E-state index contributed by atoms with van der Waals surface area (Å²) in [4.78, 5) is 26.0. The summed E-state index contributed by atoms with van der Waals surface area (Å²) in [7, 11) is 1.46. The number of rotatable bonds is 7. The molecule has 0 aliphatic rings. The van der Waals surface area contributed by atoms with Gasteiger partial charge in [-0.15, -0.1) is 0 Å². The molecule has 0 heterocycles. The predicted molar refractivity (Wildman–Crippen MR) is 144 cm³/mol.